The Morgan fingerprint density at radius 3 is 2.50 bits per heavy atom. The Hall–Kier alpha value is -2.04. The van der Waals surface area contributed by atoms with E-state index >= 15 is 0 Å². The minimum absolute atomic E-state index is 0.222. The molecule has 0 aliphatic carbocycles. The lowest BCUT2D eigenvalue weighted by Crippen LogP contribution is -2.41. The number of hydrogen-bond acceptors (Lipinski definition) is 3. The van der Waals surface area contributed by atoms with Gasteiger partial charge < -0.3 is 9.84 Å². The van der Waals surface area contributed by atoms with Crippen LogP contribution in [0.1, 0.15) is 24.4 Å². The second-order valence-electron chi connectivity index (χ2n) is 4.24. The summed E-state index contributed by atoms with van der Waals surface area (Å²) in [4.78, 5) is 24.2. The summed E-state index contributed by atoms with van der Waals surface area (Å²) < 4.78 is 4.69. The number of aliphatic carboxylic acids is 1. The molecule has 0 aromatic heterocycles. The van der Waals surface area contributed by atoms with Crippen LogP contribution in [0.25, 0.3) is 0 Å². The highest BCUT2D eigenvalue weighted by atomic mass is 16.5. The molecule has 1 saturated heterocycles. The van der Waals surface area contributed by atoms with Crippen molar-refractivity contribution >= 4 is 12.1 Å². The van der Waals surface area contributed by atoms with Crippen molar-refractivity contribution in [1.82, 2.24) is 4.90 Å². The highest BCUT2D eigenvalue weighted by Gasteiger charge is 2.42. The summed E-state index contributed by atoms with van der Waals surface area (Å²) in [5.41, 5.74) is 0.937. The predicted octanol–water partition coefficient (Wildman–Crippen LogP) is 2.04. The molecule has 0 bridgehead atoms. The van der Waals surface area contributed by atoms with Gasteiger partial charge in [0.1, 0.15) is 6.04 Å². The number of carbonyl (C=O) groups is 2. The van der Waals surface area contributed by atoms with E-state index in [0.29, 0.717) is 12.8 Å². The molecule has 0 radical (unpaired) electrons. The summed E-state index contributed by atoms with van der Waals surface area (Å²) in [6.45, 7) is 0. The van der Waals surface area contributed by atoms with E-state index in [0.717, 1.165) is 5.56 Å². The van der Waals surface area contributed by atoms with Crippen molar-refractivity contribution in [1.29, 1.82) is 0 Å². The highest BCUT2D eigenvalue weighted by Crippen LogP contribution is 2.36. The van der Waals surface area contributed by atoms with E-state index in [4.69, 9.17) is 5.11 Å². The van der Waals surface area contributed by atoms with Crippen molar-refractivity contribution in [2.45, 2.75) is 24.9 Å². The Bertz CT molecular complexity index is 446. The van der Waals surface area contributed by atoms with E-state index in [1.807, 2.05) is 30.3 Å². The fraction of sp³-hybridized carbons (Fsp3) is 0.385. The molecule has 1 N–H and O–H groups in total. The van der Waals surface area contributed by atoms with Crippen LogP contribution in [0.4, 0.5) is 4.79 Å². The Morgan fingerprint density at radius 1 is 1.28 bits per heavy atom. The SMILES string of the molecule is COC(=O)N1C(c2ccccc2)CC[C@H]1C(=O)O. The highest BCUT2D eigenvalue weighted by molar-refractivity contribution is 5.81. The van der Waals surface area contributed by atoms with Gasteiger partial charge in [0.2, 0.25) is 0 Å². The van der Waals surface area contributed by atoms with E-state index in [1.165, 1.54) is 12.0 Å². The summed E-state index contributed by atoms with van der Waals surface area (Å²) >= 11 is 0. The molecule has 0 spiro atoms. The van der Waals surface area contributed by atoms with Crippen LogP contribution in [-0.4, -0.2) is 35.2 Å². The first kappa shape index (κ1) is 12.4. The van der Waals surface area contributed by atoms with Gasteiger partial charge >= 0.3 is 12.1 Å². The van der Waals surface area contributed by atoms with Crippen molar-refractivity contribution in [2.75, 3.05) is 7.11 Å². The minimum Gasteiger partial charge on any atom is -0.480 e. The summed E-state index contributed by atoms with van der Waals surface area (Å²) in [5, 5.41) is 9.14. The summed E-state index contributed by atoms with van der Waals surface area (Å²) in [6, 6.07) is 8.39. The number of carboxylic acid groups (broad SMARTS) is 1. The number of nitrogens with zero attached hydrogens (tertiary/aromatic N) is 1. The topological polar surface area (TPSA) is 66.8 Å². The third-order valence-electron chi connectivity index (χ3n) is 3.24. The summed E-state index contributed by atoms with van der Waals surface area (Å²) in [5.74, 6) is -0.987. The number of ether oxygens (including phenoxy) is 1. The Morgan fingerprint density at radius 2 is 1.94 bits per heavy atom. The largest absolute Gasteiger partial charge is 0.480 e. The van der Waals surface area contributed by atoms with Gasteiger partial charge in [0.25, 0.3) is 0 Å². The van der Waals surface area contributed by atoms with Crippen molar-refractivity contribution in [2.24, 2.45) is 0 Å². The number of methoxy groups -OCH3 is 1. The molecule has 1 aromatic rings. The number of likely N-dealkylation sites (tertiary alicyclic amines) is 1. The van der Waals surface area contributed by atoms with Crippen LogP contribution in [0.15, 0.2) is 30.3 Å². The zero-order valence-electron chi connectivity index (χ0n) is 10.1. The summed E-state index contributed by atoms with van der Waals surface area (Å²) in [7, 11) is 1.27. The molecule has 96 valence electrons. The van der Waals surface area contributed by atoms with Crippen molar-refractivity contribution in [3.05, 3.63) is 35.9 Å². The van der Waals surface area contributed by atoms with E-state index in [1.54, 1.807) is 0 Å². The van der Waals surface area contributed by atoms with Gasteiger partial charge in [-0.1, -0.05) is 30.3 Å². The van der Waals surface area contributed by atoms with Gasteiger partial charge in [-0.15, -0.1) is 0 Å². The normalized spacial score (nSPS) is 22.8. The van der Waals surface area contributed by atoms with Crippen LogP contribution < -0.4 is 0 Å². The van der Waals surface area contributed by atoms with E-state index in [9.17, 15) is 9.59 Å². The fourth-order valence-electron chi connectivity index (χ4n) is 2.42. The van der Waals surface area contributed by atoms with Crippen LogP contribution in [0.5, 0.6) is 0 Å². The number of hydrogen-bond donors (Lipinski definition) is 1. The fourth-order valence-corrected chi connectivity index (χ4v) is 2.42. The first-order chi connectivity index (χ1) is 8.65. The molecule has 2 rings (SSSR count). The standard InChI is InChI=1S/C13H15NO4/c1-18-13(17)14-10(7-8-11(14)12(15)16)9-5-3-2-4-6-9/h2-6,10-11H,7-8H2,1H3,(H,15,16)/t10?,11-/m0/s1. The number of carbonyl (C=O) groups excluding carboxylic acids is 1. The zero-order valence-corrected chi connectivity index (χ0v) is 10.1. The van der Waals surface area contributed by atoms with Gasteiger partial charge in [0, 0.05) is 0 Å². The molecule has 5 nitrogen and oxygen atoms in total. The van der Waals surface area contributed by atoms with Crippen LogP contribution >= 0.6 is 0 Å². The lowest BCUT2D eigenvalue weighted by Gasteiger charge is -2.27. The molecule has 1 fully saturated rings. The molecule has 1 heterocycles. The molecule has 1 aliphatic rings. The number of carboxylic acids is 1. The van der Waals surface area contributed by atoms with Gasteiger partial charge in [-0.3, -0.25) is 4.90 Å². The van der Waals surface area contributed by atoms with E-state index in [2.05, 4.69) is 4.74 Å². The molecule has 2 atom stereocenters. The van der Waals surface area contributed by atoms with Gasteiger partial charge in [0.15, 0.2) is 0 Å². The molecule has 1 unspecified atom stereocenters. The molecule has 1 amide bonds. The lowest BCUT2D eigenvalue weighted by molar-refractivity contribution is -0.142. The zero-order chi connectivity index (χ0) is 13.1. The van der Waals surface area contributed by atoms with Gasteiger partial charge in [-0.2, -0.15) is 0 Å². The van der Waals surface area contributed by atoms with Crippen LogP contribution in [0.2, 0.25) is 0 Å². The maximum atomic E-state index is 11.8. The van der Waals surface area contributed by atoms with Crippen LogP contribution in [0.3, 0.4) is 0 Å². The Balaban J connectivity index is 2.31. The van der Waals surface area contributed by atoms with Gasteiger partial charge in [-0.25, -0.2) is 9.59 Å². The Kier molecular flexibility index (Phi) is 3.50. The molecular weight excluding hydrogens is 234 g/mol. The maximum absolute atomic E-state index is 11.8. The minimum atomic E-state index is -0.987. The van der Waals surface area contributed by atoms with Crippen LogP contribution in [0, 0.1) is 0 Å². The molecule has 1 aliphatic heterocycles. The smallest absolute Gasteiger partial charge is 0.410 e. The third-order valence-corrected chi connectivity index (χ3v) is 3.24. The first-order valence-electron chi connectivity index (χ1n) is 5.79. The molecule has 18 heavy (non-hydrogen) atoms. The van der Waals surface area contributed by atoms with Crippen LogP contribution in [-0.2, 0) is 9.53 Å². The van der Waals surface area contributed by atoms with Gasteiger partial charge in [-0.05, 0) is 18.4 Å². The number of benzene rings is 1. The average Bonchev–Trinajstić information content (AvgIpc) is 2.83. The number of amides is 1. The molecule has 5 heteroatoms. The quantitative estimate of drug-likeness (QED) is 0.871. The number of rotatable bonds is 2. The van der Waals surface area contributed by atoms with Gasteiger partial charge in [0.05, 0.1) is 13.2 Å². The average molecular weight is 249 g/mol. The van der Waals surface area contributed by atoms with Crippen molar-refractivity contribution in [3.8, 4) is 0 Å². The van der Waals surface area contributed by atoms with E-state index in [-0.39, 0.29) is 6.04 Å². The molecular formula is C13H15NO4. The summed E-state index contributed by atoms with van der Waals surface area (Å²) in [6.07, 6.45) is 0.494. The lowest BCUT2D eigenvalue weighted by atomic mass is 10.1. The second kappa shape index (κ2) is 5.08. The third kappa shape index (κ3) is 2.16. The van der Waals surface area contributed by atoms with Crippen molar-refractivity contribution < 1.29 is 19.4 Å². The second-order valence-corrected chi connectivity index (χ2v) is 4.24. The molecule has 1 aromatic carbocycles. The Labute approximate surface area is 105 Å². The first-order valence-corrected chi connectivity index (χ1v) is 5.79. The van der Waals surface area contributed by atoms with E-state index < -0.39 is 18.1 Å². The monoisotopic (exact) mass is 249 g/mol. The predicted molar refractivity (Wildman–Crippen MR) is 64.1 cm³/mol. The maximum Gasteiger partial charge on any atom is 0.410 e. The molecule has 0 saturated carbocycles. The van der Waals surface area contributed by atoms with Crippen molar-refractivity contribution in [3.63, 3.8) is 0 Å².